The summed E-state index contributed by atoms with van der Waals surface area (Å²) in [7, 11) is 2.52. The lowest BCUT2D eigenvalue weighted by Crippen LogP contribution is -2.42. The monoisotopic (exact) mass is 704 g/mol. The Morgan fingerprint density at radius 2 is 1.46 bits per heavy atom. The summed E-state index contributed by atoms with van der Waals surface area (Å²) in [6.07, 6.45) is 5.32. The molecular formula is C40H40N4O8. The third-order valence-electron chi connectivity index (χ3n) is 10.5. The average molecular weight is 705 g/mol. The van der Waals surface area contributed by atoms with Crippen molar-refractivity contribution < 1.29 is 38.9 Å². The van der Waals surface area contributed by atoms with Crippen LogP contribution in [0.3, 0.4) is 0 Å². The van der Waals surface area contributed by atoms with Crippen LogP contribution in [0.5, 0.6) is 0 Å². The van der Waals surface area contributed by atoms with Crippen molar-refractivity contribution in [1.29, 1.82) is 0 Å². The number of aromatic nitrogens is 4. The molecular weight excluding hydrogens is 664 g/mol. The van der Waals surface area contributed by atoms with Gasteiger partial charge in [-0.1, -0.05) is 24.8 Å². The molecule has 0 spiro atoms. The molecule has 12 nitrogen and oxygen atoms in total. The Bertz CT molecular complexity index is 2360. The second-order valence-corrected chi connectivity index (χ2v) is 13.3. The molecule has 12 heteroatoms. The Morgan fingerprint density at radius 3 is 2.12 bits per heavy atom. The maximum absolute atomic E-state index is 13.6. The second kappa shape index (κ2) is 13.6. The molecule has 1 aliphatic carbocycles. The molecule has 0 aromatic carbocycles. The smallest absolute Gasteiger partial charge is 0.334 e. The number of carbonyl (C=O) groups is 4. The minimum absolute atomic E-state index is 0.101. The van der Waals surface area contributed by atoms with Gasteiger partial charge in [0.25, 0.3) is 0 Å². The SMILES string of the molecule is C=Cc1c(C)c2cc3nc(cc4[nH]c(cc5nc(cc1[nH]2)C(C)=C5CCC(=O)O)c(CCC(=O)O)c4C)[C@@]1(C)C3=CC=C(C(=O)OC)C1C(=O)OC. The molecule has 8 bridgehead atoms. The number of carbonyl (C=O) groups excluding carboxylic acids is 2. The molecule has 2 atom stereocenters. The van der Waals surface area contributed by atoms with E-state index in [0.29, 0.717) is 39.4 Å². The number of nitrogens with zero attached hydrogens (tertiary/aromatic N) is 2. The quantitative estimate of drug-likeness (QED) is 0.176. The van der Waals surface area contributed by atoms with E-state index in [1.165, 1.54) is 14.2 Å². The van der Waals surface area contributed by atoms with Gasteiger partial charge in [0.2, 0.25) is 0 Å². The summed E-state index contributed by atoms with van der Waals surface area (Å²) in [4.78, 5) is 67.3. The van der Waals surface area contributed by atoms with E-state index >= 15 is 0 Å². The van der Waals surface area contributed by atoms with Gasteiger partial charge in [0.15, 0.2) is 0 Å². The lowest BCUT2D eigenvalue weighted by molar-refractivity contribution is -0.149. The number of hydrogen-bond acceptors (Lipinski definition) is 8. The van der Waals surface area contributed by atoms with Crippen LogP contribution in [0.15, 0.2) is 48.6 Å². The number of esters is 2. The normalized spacial score (nSPS) is 17.9. The third kappa shape index (κ3) is 5.93. The first kappa shape index (κ1) is 35.8. The number of aryl methyl sites for hydroxylation is 3. The van der Waals surface area contributed by atoms with Gasteiger partial charge >= 0.3 is 23.9 Å². The van der Waals surface area contributed by atoms with Crippen molar-refractivity contribution in [3.8, 4) is 0 Å². The third-order valence-corrected chi connectivity index (χ3v) is 10.5. The number of carboxylic acids is 2. The van der Waals surface area contributed by atoms with Crippen LogP contribution in [0.1, 0.15) is 78.1 Å². The molecule has 0 saturated carbocycles. The van der Waals surface area contributed by atoms with E-state index in [1.54, 1.807) is 18.2 Å². The lowest BCUT2D eigenvalue weighted by atomic mass is 9.64. The topological polar surface area (TPSA) is 185 Å². The van der Waals surface area contributed by atoms with Crippen molar-refractivity contribution in [3.05, 3.63) is 93.6 Å². The van der Waals surface area contributed by atoms with Crippen molar-refractivity contribution >= 4 is 68.7 Å². The number of ether oxygens (including phenoxy) is 2. The Kier molecular flexibility index (Phi) is 9.35. The van der Waals surface area contributed by atoms with E-state index in [4.69, 9.17) is 19.4 Å². The fourth-order valence-electron chi connectivity index (χ4n) is 7.59. The molecule has 52 heavy (non-hydrogen) atoms. The highest BCUT2D eigenvalue weighted by Crippen LogP contribution is 2.52. The van der Waals surface area contributed by atoms with E-state index < -0.39 is 35.2 Å². The molecule has 268 valence electrons. The fraction of sp³-hybridized carbons (Fsp3) is 0.300. The van der Waals surface area contributed by atoms with Gasteiger partial charge in [-0.2, -0.15) is 0 Å². The molecule has 3 aromatic rings. The van der Waals surface area contributed by atoms with Crippen LogP contribution in [-0.2, 0) is 40.5 Å². The summed E-state index contributed by atoms with van der Waals surface area (Å²) < 4.78 is 10.4. The predicted molar refractivity (Wildman–Crippen MR) is 197 cm³/mol. The Balaban J connectivity index is 1.78. The van der Waals surface area contributed by atoms with Gasteiger partial charge < -0.3 is 29.7 Å². The summed E-state index contributed by atoms with van der Waals surface area (Å²) in [6.45, 7) is 11.7. The zero-order chi connectivity index (χ0) is 37.6. The summed E-state index contributed by atoms with van der Waals surface area (Å²) in [5.41, 5.74) is 9.40. The number of aromatic amines is 2. The fourth-order valence-corrected chi connectivity index (χ4v) is 7.59. The van der Waals surface area contributed by atoms with Gasteiger partial charge in [0.05, 0.1) is 48.0 Å². The highest BCUT2D eigenvalue weighted by molar-refractivity contribution is 6.02. The molecule has 1 unspecified atom stereocenters. The molecule has 6 rings (SSSR count). The Morgan fingerprint density at radius 1 is 0.827 bits per heavy atom. The van der Waals surface area contributed by atoms with Crippen molar-refractivity contribution in [3.63, 3.8) is 0 Å². The molecule has 0 fully saturated rings. The number of carboxylic acid groups (broad SMARTS) is 2. The summed E-state index contributed by atoms with van der Waals surface area (Å²) in [5.74, 6) is -4.31. The number of nitrogens with one attached hydrogen (secondary N) is 2. The Labute approximate surface area is 299 Å². The number of rotatable bonds is 9. The van der Waals surface area contributed by atoms with Crippen LogP contribution in [0.4, 0.5) is 0 Å². The van der Waals surface area contributed by atoms with E-state index in [-0.39, 0.29) is 31.3 Å². The lowest BCUT2D eigenvalue weighted by Gasteiger charge is -2.36. The molecule has 2 aliphatic heterocycles. The van der Waals surface area contributed by atoms with Crippen LogP contribution in [0.25, 0.3) is 44.9 Å². The van der Waals surface area contributed by atoms with Crippen LogP contribution in [0.2, 0.25) is 0 Å². The van der Waals surface area contributed by atoms with Crippen LogP contribution >= 0.6 is 0 Å². The minimum atomic E-state index is -1.19. The standard InChI is InChI=1S/C40H40N4O8/c1-8-22-19(2)28-16-33-26-12-9-25(38(49)51-6)37(39(50)52-7)40(26,5)34(44-33)18-29-21(4)24(11-14-36(47)48)32(43-29)17-31-23(10-13-35(45)46)20(3)27(42-31)15-30(22)41-28/h8-9,12,15-18,37,41,43H,1,10-11,13-14H2,2-7H3,(H,45,46)(H,47,48)/t37?,40-/m1/s1. The van der Waals surface area contributed by atoms with Gasteiger partial charge in [-0.3, -0.25) is 19.4 Å². The highest BCUT2D eigenvalue weighted by atomic mass is 16.5. The van der Waals surface area contributed by atoms with Gasteiger partial charge in [0, 0.05) is 40.5 Å². The number of methoxy groups -OCH3 is 2. The van der Waals surface area contributed by atoms with Crippen molar-refractivity contribution in [1.82, 2.24) is 19.9 Å². The van der Waals surface area contributed by atoms with E-state index in [9.17, 15) is 29.4 Å². The van der Waals surface area contributed by atoms with Crippen molar-refractivity contribution in [2.75, 3.05) is 14.2 Å². The molecule has 3 aliphatic rings. The first-order valence-electron chi connectivity index (χ1n) is 16.8. The maximum atomic E-state index is 13.6. The Hall–Kier alpha value is -6.04. The largest absolute Gasteiger partial charge is 0.481 e. The minimum Gasteiger partial charge on any atom is -0.481 e. The zero-order valence-corrected chi connectivity index (χ0v) is 29.9. The highest BCUT2D eigenvalue weighted by Gasteiger charge is 2.53. The molecule has 0 saturated heterocycles. The van der Waals surface area contributed by atoms with Gasteiger partial charge in [-0.05, 0) is 98.2 Å². The molecule has 0 radical (unpaired) electrons. The number of fused-ring (bicyclic) bond motifs is 11. The summed E-state index contributed by atoms with van der Waals surface area (Å²) in [5, 5.41) is 19.2. The van der Waals surface area contributed by atoms with Gasteiger partial charge in [-0.15, -0.1) is 0 Å². The van der Waals surface area contributed by atoms with Crippen molar-refractivity contribution in [2.45, 2.75) is 58.8 Å². The summed E-state index contributed by atoms with van der Waals surface area (Å²) >= 11 is 0. The van der Waals surface area contributed by atoms with Crippen LogP contribution in [0, 0.1) is 19.8 Å². The second-order valence-electron chi connectivity index (χ2n) is 13.3. The van der Waals surface area contributed by atoms with E-state index in [0.717, 1.165) is 44.4 Å². The first-order valence-corrected chi connectivity index (χ1v) is 16.8. The number of H-pyrrole nitrogens is 2. The van der Waals surface area contributed by atoms with Crippen LogP contribution < -0.4 is 0 Å². The zero-order valence-electron chi connectivity index (χ0n) is 29.9. The van der Waals surface area contributed by atoms with Gasteiger partial charge in [0.1, 0.15) is 5.92 Å². The van der Waals surface area contributed by atoms with Crippen LogP contribution in [-0.4, -0.2) is 68.2 Å². The van der Waals surface area contributed by atoms with Crippen molar-refractivity contribution in [2.24, 2.45) is 5.92 Å². The predicted octanol–water partition coefficient (Wildman–Crippen LogP) is 6.63. The maximum Gasteiger partial charge on any atom is 0.334 e. The average Bonchev–Trinajstić information content (AvgIpc) is 3.76. The molecule has 3 aromatic heterocycles. The molecule has 4 N–H and O–H groups in total. The summed E-state index contributed by atoms with van der Waals surface area (Å²) in [6, 6.07) is 7.46. The van der Waals surface area contributed by atoms with Gasteiger partial charge in [-0.25, -0.2) is 9.78 Å². The number of allylic oxidation sites excluding steroid dienone is 5. The molecule has 0 amide bonds. The first-order chi connectivity index (χ1) is 24.7. The van der Waals surface area contributed by atoms with E-state index in [2.05, 4.69) is 16.5 Å². The molecule has 5 heterocycles. The number of hydrogen-bond donors (Lipinski definition) is 4. The number of aliphatic carboxylic acids is 2. The van der Waals surface area contributed by atoms with E-state index in [1.807, 2.05) is 52.0 Å².